The molecule has 0 aromatic heterocycles. The third-order valence-electron chi connectivity index (χ3n) is 3.42. The van der Waals surface area contributed by atoms with E-state index in [1.807, 2.05) is 0 Å². The summed E-state index contributed by atoms with van der Waals surface area (Å²) in [6, 6.07) is -0.851. The summed E-state index contributed by atoms with van der Waals surface area (Å²) in [5, 5.41) is 0.487. The van der Waals surface area contributed by atoms with E-state index in [0.717, 1.165) is 0 Å². The van der Waals surface area contributed by atoms with Crippen molar-refractivity contribution >= 4 is 23.9 Å². The third kappa shape index (κ3) is 3.20. The fourth-order valence-electron chi connectivity index (χ4n) is 2.36. The van der Waals surface area contributed by atoms with Gasteiger partial charge in [0.25, 0.3) is 11.8 Å². The number of hydroxylamine groups is 2. The minimum atomic E-state index is -0.851. The van der Waals surface area contributed by atoms with Gasteiger partial charge in [0.1, 0.15) is 11.6 Å². The average molecular weight is 312 g/mol. The number of amides is 3. The van der Waals surface area contributed by atoms with Crippen molar-refractivity contribution in [3.63, 3.8) is 0 Å². The predicted molar refractivity (Wildman–Crippen MR) is 73.1 cm³/mol. The van der Waals surface area contributed by atoms with E-state index in [1.165, 1.54) is 4.90 Å². The van der Waals surface area contributed by atoms with Crippen molar-refractivity contribution in [2.24, 2.45) is 5.92 Å². The molecule has 22 heavy (non-hydrogen) atoms. The van der Waals surface area contributed by atoms with Crippen molar-refractivity contribution in [3.05, 3.63) is 0 Å². The van der Waals surface area contributed by atoms with E-state index in [9.17, 15) is 19.2 Å². The Balaban J connectivity index is 2.00. The second-order valence-corrected chi connectivity index (χ2v) is 6.55. The van der Waals surface area contributed by atoms with Crippen LogP contribution in [0.4, 0.5) is 4.79 Å². The van der Waals surface area contributed by atoms with Crippen LogP contribution in [0.15, 0.2) is 0 Å². The first kappa shape index (κ1) is 16.3. The van der Waals surface area contributed by atoms with Crippen LogP contribution in [0.1, 0.15) is 40.5 Å². The van der Waals surface area contributed by atoms with Crippen LogP contribution in [-0.4, -0.2) is 52.0 Å². The Morgan fingerprint density at radius 3 is 2.14 bits per heavy atom. The highest BCUT2D eigenvalue weighted by molar-refractivity contribution is 6.02. The highest BCUT2D eigenvalue weighted by Crippen LogP contribution is 2.28. The van der Waals surface area contributed by atoms with E-state index in [1.54, 1.807) is 27.7 Å². The number of ether oxygens (including phenoxy) is 1. The van der Waals surface area contributed by atoms with Crippen molar-refractivity contribution in [2.45, 2.75) is 52.2 Å². The molecule has 3 amide bonds. The summed E-state index contributed by atoms with van der Waals surface area (Å²) in [4.78, 5) is 53.2. The van der Waals surface area contributed by atoms with Gasteiger partial charge in [0.2, 0.25) is 0 Å². The quantitative estimate of drug-likeness (QED) is 0.702. The number of carbonyl (C=O) groups is 4. The molecule has 0 saturated carbocycles. The third-order valence-corrected chi connectivity index (χ3v) is 3.42. The summed E-state index contributed by atoms with van der Waals surface area (Å²) in [7, 11) is 0. The zero-order valence-electron chi connectivity index (χ0n) is 13.1. The highest BCUT2D eigenvalue weighted by Gasteiger charge is 2.48. The predicted octanol–water partition coefficient (Wildman–Crippen LogP) is 0.849. The number of imide groups is 1. The van der Waals surface area contributed by atoms with E-state index in [-0.39, 0.29) is 18.8 Å². The van der Waals surface area contributed by atoms with E-state index >= 15 is 0 Å². The van der Waals surface area contributed by atoms with Crippen LogP contribution in [0, 0.1) is 5.92 Å². The van der Waals surface area contributed by atoms with Crippen LogP contribution in [-0.2, 0) is 24.0 Å². The molecule has 2 heterocycles. The molecule has 0 radical (unpaired) electrons. The molecule has 8 heteroatoms. The van der Waals surface area contributed by atoms with Gasteiger partial charge in [-0.1, -0.05) is 6.92 Å². The van der Waals surface area contributed by atoms with Gasteiger partial charge in [0.15, 0.2) is 0 Å². The van der Waals surface area contributed by atoms with Crippen LogP contribution in [0.2, 0.25) is 0 Å². The van der Waals surface area contributed by atoms with Gasteiger partial charge in [-0.2, -0.15) is 0 Å². The summed E-state index contributed by atoms with van der Waals surface area (Å²) in [6.45, 7) is 7.31. The van der Waals surface area contributed by atoms with Gasteiger partial charge in [0, 0.05) is 25.3 Å². The Morgan fingerprint density at radius 2 is 1.68 bits per heavy atom. The highest BCUT2D eigenvalue weighted by atomic mass is 16.7. The first-order chi connectivity index (χ1) is 10.1. The second kappa shape index (κ2) is 5.58. The number of rotatable bonds is 2. The SMILES string of the molecule is CC1CN(C(=O)OC(C)(C)C)C1C(=O)ON1C(=O)CCC1=O. The fourth-order valence-corrected chi connectivity index (χ4v) is 2.36. The van der Waals surface area contributed by atoms with E-state index in [0.29, 0.717) is 11.6 Å². The maximum Gasteiger partial charge on any atom is 0.411 e. The van der Waals surface area contributed by atoms with Crippen molar-refractivity contribution in [1.82, 2.24) is 9.96 Å². The maximum absolute atomic E-state index is 12.1. The summed E-state index contributed by atoms with van der Waals surface area (Å²) in [5.74, 6) is -2.02. The molecule has 0 aromatic rings. The summed E-state index contributed by atoms with van der Waals surface area (Å²) in [5.41, 5.74) is -0.675. The molecule has 2 aliphatic rings. The number of likely N-dealkylation sites (tertiary alicyclic amines) is 1. The van der Waals surface area contributed by atoms with Crippen LogP contribution < -0.4 is 0 Å². The maximum atomic E-state index is 12.1. The molecule has 122 valence electrons. The van der Waals surface area contributed by atoms with Crippen molar-refractivity contribution in [2.75, 3.05) is 6.54 Å². The molecule has 2 unspecified atom stereocenters. The normalized spacial score (nSPS) is 25.1. The van der Waals surface area contributed by atoms with Gasteiger partial charge < -0.3 is 9.57 Å². The van der Waals surface area contributed by atoms with E-state index in [4.69, 9.17) is 9.57 Å². The van der Waals surface area contributed by atoms with Crippen molar-refractivity contribution in [3.8, 4) is 0 Å². The van der Waals surface area contributed by atoms with Gasteiger partial charge in [-0.25, -0.2) is 9.59 Å². The molecule has 0 N–H and O–H groups in total. The molecule has 2 fully saturated rings. The first-order valence-corrected chi connectivity index (χ1v) is 7.17. The fraction of sp³-hybridized carbons (Fsp3) is 0.714. The summed E-state index contributed by atoms with van der Waals surface area (Å²) in [6.07, 6.45) is -0.559. The molecule has 2 atom stereocenters. The largest absolute Gasteiger partial charge is 0.444 e. The molecule has 0 aromatic carbocycles. The summed E-state index contributed by atoms with van der Waals surface area (Å²) < 4.78 is 5.21. The van der Waals surface area contributed by atoms with Crippen molar-refractivity contribution < 1.29 is 28.8 Å². The molecular weight excluding hydrogens is 292 g/mol. The van der Waals surface area contributed by atoms with Gasteiger partial charge in [0.05, 0.1) is 0 Å². The topological polar surface area (TPSA) is 93.2 Å². The Kier molecular flexibility index (Phi) is 4.12. The Morgan fingerprint density at radius 1 is 1.14 bits per heavy atom. The summed E-state index contributed by atoms with van der Waals surface area (Å²) >= 11 is 0. The van der Waals surface area contributed by atoms with E-state index < -0.39 is 35.5 Å². The monoisotopic (exact) mass is 312 g/mol. The molecular formula is C14H20N2O6. The number of carbonyl (C=O) groups excluding carboxylic acids is 4. The van der Waals surface area contributed by atoms with Gasteiger partial charge in [-0.15, -0.1) is 5.06 Å². The molecule has 0 bridgehead atoms. The minimum Gasteiger partial charge on any atom is -0.444 e. The minimum absolute atomic E-state index is 0.0299. The molecule has 8 nitrogen and oxygen atoms in total. The molecule has 0 aliphatic carbocycles. The number of hydrogen-bond donors (Lipinski definition) is 0. The zero-order chi connectivity index (χ0) is 16.7. The second-order valence-electron chi connectivity index (χ2n) is 6.55. The Bertz CT molecular complexity index is 508. The molecule has 0 spiro atoms. The van der Waals surface area contributed by atoms with Crippen LogP contribution in [0.25, 0.3) is 0 Å². The lowest BCUT2D eigenvalue weighted by Gasteiger charge is -2.44. The van der Waals surface area contributed by atoms with Gasteiger partial charge >= 0.3 is 12.1 Å². The smallest absolute Gasteiger partial charge is 0.411 e. The van der Waals surface area contributed by atoms with Crippen LogP contribution in [0.5, 0.6) is 0 Å². The van der Waals surface area contributed by atoms with Crippen molar-refractivity contribution in [1.29, 1.82) is 0 Å². The van der Waals surface area contributed by atoms with E-state index in [2.05, 4.69) is 0 Å². The lowest BCUT2D eigenvalue weighted by atomic mass is 9.91. The standard InChI is InChI=1S/C14H20N2O6/c1-8-7-15(13(20)21-14(2,3)4)11(8)12(19)22-16-9(17)5-6-10(16)18/h8,11H,5-7H2,1-4H3. The number of hydrogen-bond acceptors (Lipinski definition) is 6. The average Bonchev–Trinajstić information content (AvgIpc) is 2.65. The lowest BCUT2D eigenvalue weighted by Crippen LogP contribution is -2.63. The lowest BCUT2D eigenvalue weighted by molar-refractivity contribution is -0.205. The van der Waals surface area contributed by atoms with Crippen LogP contribution in [0.3, 0.4) is 0 Å². The molecule has 2 aliphatic heterocycles. The number of nitrogens with zero attached hydrogens (tertiary/aromatic N) is 2. The van der Waals surface area contributed by atoms with Gasteiger partial charge in [-0.3, -0.25) is 14.5 Å². The Hall–Kier alpha value is -2.12. The Labute approximate surface area is 128 Å². The molecule has 2 saturated heterocycles. The first-order valence-electron chi connectivity index (χ1n) is 7.17. The van der Waals surface area contributed by atoms with Crippen LogP contribution >= 0.6 is 0 Å². The zero-order valence-corrected chi connectivity index (χ0v) is 13.1. The molecule has 2 rings (SSSR count). The van der Waals surface area contributed by atoms with Gasteiger partial charge in [-0.05, 0) is 20.8 Å².